The normalized spacial score (nSPS) is 20.3. The molecular weight excluding hydrogens is 308 g/mol. The molecule has 2 heterocycles. The maximum Gasteiger partial charge on any atom is 0.320 e. The molecule has 1 fully saturated rings. The number of carbonyl (C=O) groups excluding carboxylic acids is 1. The fourth-order valence-electron chi connectivity index (χ4n) is 2.88. The number of ether oxygens (including phenoxy) is 1. The van der Waals surface area contributed by atoms with Gasteiger partial charge in [-0.3, -0.25) is 14.7 Å². The van der Waals surface area contributed by atoms with E-state index in [0.29, 0.717) is 5.82 Å². The summed E-state index contributed by atoms with van der Waals surface area (Å²) in [7, 11) is 1.85. The highest BCUT2D eigenvalue weighted by molar-refractivity contribution is 5.88. The van der Waals surface area contributed by atoms with E-state index in [-0.39, 0.29) is 24.2 Å². The quantitative estimate of drug-likeness (QED) is 0.880. The number of amides is 2. The minimum absolute atomic E-state index is 0.0163. The van der Waals surface area contributed by atoms with E-state index in [1.165, 1.54) is 0 Å². The summed E-state index contributed by atoms with van der Waals surface area (Å²) in [5.41, 5.74) is 0. The number of nitrogens with zero attached hydrogens (tertiary/aromatic N) is 4. The molecule has 0 aliphatic heterocycles. The van der Waals surface area contributed by atoms with Crippen LogP contribution in [0.15, 0.2) is 24.7 Å². The van der Waals surface area contributed by atoms with Crippen molar-refractivity contribution in [1.29, 1.82) is 0 Å². The molecule has 0 radical (unpaired) electrons. The summed E-state index contributed by atoms with van der Waals surface area (Å²) in [4.78, 5) is 12.2. The molecular formula is C16H24N6O2. The molecule has 2 aromatic heterocycles. The van der Waals surface area contributed by atoms with Crippen LogP contribution in [-0.2, 0) is 7.05 Å². The molecule has 24 heavy (non-hydrogen) atoms. The fraction of sp³-hybridized carbons (Fsp3) is 0.562. The third kappa shape index (κ3) is 3.87. The van der Waals surface area contributed by atoms with Crippen LogP contribution in [0.5, 0.6) is 5.75 Å². The standard InChI is InChI=1S/C16H24N6O2/c1-11(2)22-8-7-15(20-22)19-16(23)18-13-5-4-6-14(13)24-12-9-17-21(3)10-12/h7-11,13-14H,4-6H2,1-3H3,(H2,18,19,20,23)/t13-,14+/m1/s1. The summed E-state index contributed by atoms with van der Waals surface area (Å²) >= 11 is 0. The molecule has 8 heteroatoms. The van der Waals surface area contributed by atoms with E-state index in [0.717, 1.165) is 25.0 Å². The van der Waals surface area contributed by atoms with Gasteiger partial charge in [0, 0.05) is 25.4 Å². The van der Waals surface area contributed by atoms with Crippen LogP contribution in [-0.4, -0.2) is 37.7 Å². The Morgan fingerprint density at radius 3 is 2.92 bits per heavy atom. The molecule has 2 atom stereocenters. The van der Waals surface area contributed by atoms with Gasteiger partial charge in [0.05, 0.1) is 18.4 Å². The lowest BCUT2D eigenvalue weighted by atomic mass is 10.2. The second-order valence-electron chi connectivity index (χ2n) is 6.42. The molecule has 2 aromatic rings. The van der Waals surface area contributed by atoms with Gasteiger partial charge in [-0.25, -0.2) is 4.79 Å². The van der Waals surface area contributed by atoms with E-state index in [1.54, 1.807) is 21.6 Å². The lowest BCUT2D eigenvalue weighted by Crippen LogP contribution is -2.44. The van der Waals surface area contributed by atoms with Crippen molar-refractivity contribution in [3.8, 4) is 5.75 Å². The Morgan fingerprint density at radius 1 is 1.42 bits per heavy atom. The van der Waals surface area contributed by atoms with E-state index < -0.39 is 0 Å². The van der Waals surface area contributed by atoms with Crippen LogP contribution in [0.3, 0.4) is 0 Å². The van der Waals surface area contributed by atoms with E-state index in [2.05, 4.69) is 20.8 Å². The van der Waals surface area contributed by atoms with E-state index in [9.17, 15) is 4.79 Å². The first-order valence-corrected chi connectivity index (χ1v) is 8.29. The Bertz CT molecular complexity index is 692. The number of anilines is 1. The van der Waals surface area contributed by atoms with Crippen molar-refractivity contribution in [1.82, 2.24) is 24.9 Å². The van der Waals surface area contributed by atoms with Crippen LogP contribution >= 0.6 is 0 Å². The molecule has 0 aromatic carbocycles. The van der Waals surface area contributed by atoms with Crippen molar-refractivity contribution in [2.45, 2.75) is 51.3 Å². The van der Waals surface area contributed by atoms with Crippen molar-refractivity contribution < 1.29 is 9.53 Å². The molecule has 2 amide bonds. The van der Waals surface area contributed by atoms with E-state index >= 15 is 0 Å². The Labute approximate surface area is 141 Å². The molecule has 2 N–H and O–H groups in total. The molecule has 130 valence electrons. The number of nitrogens with one attached hydrogen (secondary N) is 2. The summed E-state index contributed by atoms with van der Waals surface area (Å²) in [5, 5.41) is 14.2. The molecule has 1 aliphatic carbocycles. The van der Waals surface area contributed by atoms with Gasteiger partial charge in [-0.2, -0.15) is 10.2 Å². The van der Waals surface area contributed by atoms with Gasteiger partial charge < -0.3 is 10.1 Å². The predicted molar refractivity (Wildman–Crippen MR) is 90.0 cm³/mol. The number of aryl methyl sites for hydroxylation is 1. The SMILES string of the molecule is CC(C)n1ccc(NC(=O)N[C@@H]2CCC[C@@H]2Oc2cnn(C)c2)n1. The topological polar surface area (TPSA) is 86.0 Å². The zero-order valence-corrected chi connectivity index (χ0v) is 14.3. The van der Waals surface area contributed by atoms with Crippen molar-refractivity contribution in [2.75, 3.05) is 5.32 Å². The van der Waals surface area contributed by atoms with Gasteiger partial charge in [0.25, 0.3) is 0 Å². The van der Waals surface area contributed by atoms with Gasteiger partial charge in [0.2, 0.25) is 0 Å². The van der Waals surface area contributed by atoms with Crippen molar-refractivity contribution in [2.24, 2.45) is 7.05 Å². The first-order valence-electron chi connectivity index (χ1n) is 8.29. The number of hydrogen-bond acceptors (Lipinski definition) is 4. The average molecular weight is 332 g/mol. The lowest BCUT2D eigenvalue weighted by molar-refractivity contribution is 0.175. The molecule has 1 saturated carbocycles. The third-order valence-electron chi connectivity index (χ3n) is 4.12. The molecule has 0 unspecified atom stereocenters. The maximum absolute atomic E-state index is 12.2. The van der Waals surface area contributed by atoms with E-state index in [1.807, 2.05) is 33.3 Å². The molecule has 0 bridgehead atoms. The minimum atomic E-state index is -0.254. The monoisotopic (exact) mass is 332 g/mol. The Kier molecular flexibility index (Phi) is 4.73. The van der Waals surface area contributed by atoms with Crippen LogP contribution in [0.1, 0.15) is 39.2 Å². The molecule has 1 aliphatic rings. The van der Waals surface area contributed by atoms with Crippen molar-refractivity contribution >= 4 is 11.8 Å². The minimum Gasteiger partial charge on any atom is -0.485 e. The lowest BCUT2D eigenvalue weighted by Gasteiger charge is -2.21. The Balaban J connectivity index is 1.54. The highest BCUT2D eigenvalue weighted by Crippen LogP contribution is 2.24. The summed E-state index contributed by atoms with van der Waals surface area (Å²) in [6.45, 7) is 4.07. The summed E-state index contributed by atoms with van der Waals surface area (Å²) in [5.74, 6) is 1.27. The van der Waals surface area contributed by atoms with Crippen LogP contribution in [0.4, 0.5) is 10.6 Å². The van der Waals surface area contributed by atoms with Gasteiger partial charge in [0.1, 0.15) is 6.10 Å². The zero-order valence-electron chi connectivity index (χ0n) is 14.3. The largest absolute Gasteiger partial charge is 0.485 e. The number of hydrogen-bond donors (Lipinski definition) is 2. The number of urea groups is 1. The van der Waals surface area contributed by atoms with Crippen LogP contribution in [0.25, 0.3) is 0 Å². The average Bonchev–Trinajstić information content (AvgIpc) is 3.23. The highest BCUT2D eigenvalue weighted by atomic mass is 16.5. The summed E-state index contributed by atoms with van der Waals surface area (Å²) < 4.78 is 9.45. The smallest absolute Gasteiger partial charge is 0.320 e. The first kappa shape index (κ1) is 16.4. The van der Waals surface area contributed by atoms with Gasteiger partial charge in [-0.15, -0.1) is 0 Å². The maximum atomic E-state index is 12.2. The number of aromatic nitrogens is 4. The first-order chi connectivity index (χ1) is 11.5. The Hall–Kier alpha value is -2.51. The van der Waals surface area contributed by atoms with Crippen molar-refractivity contribution in [3.63, 3.8) is 0 Å². The summed E-state index contributed by atoms with van der Waals surface area (Å²) in [6.07, 6.45) is 8.18. The second-order valence-corrected chi connectivity index (χ2v) is 6.42. The van der Waals surface area contributed by atoms with Gasteiger partial charge in [0.15, 0.2) is 11.6 Å². The summed E-state index contributed by atoms with van der Waals surface area (Å²) in [6, 6.07) is 1.78. The Morgan fingerprint density at radius 2 is 2.25 bits per heavy atom. The fourth-order valence-corrected chi connectivity index (χ4v) is 2.88. The predicted octanol–water partition coefficient (Wildman–Crippen LogP) is 2.32. The molecule has 3 rings (SSSR count). The molecule has 8 nitrogen and oxygen atoms in total. The molecule has 0 saturated heterocycles. The van der Waals surface area contributed by atoms with Crippen LogP contribution in [0, 0.1) is 0 Å². The number of rotatable bonds is 5. The van der Waals surface area contributed by atoms with Crippen LogP contribution in [0.2, 0.25) is 0 Å². The highest BCUT2D eigenvalue weighted by Gasteiger charge is 2.30. The third-order valence-corrected chi connectivity index (χ3v) is 4.12. The van der Waals surface area contributed by atoms with Gasteiger partial charge >= 0.3 is 6.03 Å². The number of carbonyl (C=O) groups is 1. The zero-order chi connectivity index (χ0) is 17.1. The van der Waals surface area contributed by atoms with Gasteiger partial charge in [-0.1, -0.05) is 0 Å². The van der Waals surface area contributed by atoms with Crippen LogP contribution < -0.4 is 15.4 Å². The molecule has 0 spiro atoms. The van der Waals surface area contributed by atoms with Crippen molar-refractivity contribution in [3.05, 3.63) is 24.7 Å². The van der Waals surface area contributed by atoms with Gasteiger partial charge in [-0.05, 0) is 33.1 Å². The second kappa shape index (κ2) is 6.94. The van der Waals surface area contributed by atoms with E-state index in [4.69, 9.17) is 4.74 Å².